The number of fused-ring (bicyclic) bond motifs is 3. The molecule has 0 saturated carbocycles. The molecule has 0 amide bonds. The van der Waals surface area contributed by atoms with Crippen molar-refractivity contribution in [3.05, 3.63) is 59.7 Å². The van der Waals surface area contributed by atoms with Crippen LogP contribution in [0, 0.1) is 0 Å². The predicted octanol–water partition coefficient (Wildman–Crippen LogP) is 2.61. The summed E-state index contributed by atoms with van der Waals surface area (Å²) in [4.78, 5) is 0. The molecule has 0 saturated heterocycles. The van der Waals surface area contributed by atoms with Gasteiger partial charge in [-0.2, -0.15) is 0 Å². The van der Waals surface area contributed by atoms with E-state index in [-0.39, 0.29) is 18.9 Å². The fourth-order valence-corrected chi connectivity index (χ4v) is 2.08. The molecule has 0 spiro atoms. The Morgan fingerprint density at radius 1 is 0.643 bits per heavy atom. The maximum atomic E-state index is 2.22. The van der Waals surface area contributed by atoms with Gasteiger partial charge in [0.25, 0.3) is 0 Å². The van der Waals surface area contributed by atoms with E-state index in [2.05, 4.69) is 48.5 Å². The predicted molar refractivity (Wildman–Crippen MR) is 61.8 cm³/mol. The molecule has 0 bridgehead atoms. The van der Waals surface area contributed by atoms with Crippen LogP contribution in [0.2, 0.25) is 0 Å². The zero-order chi connectivity index (χ0) is 8.67. The molecule has 0 nitrogen and oxygen atoms in total. The molecule has 0 unspecified atom stereocenters. The van der Waals surface area contributed by atoms with E-state index in [1.54, 1.807) is 0 Å². The topological polar surface area (TPSA) is 0 Å². The van der Waals surface area contributed by atoms with Crippen LogP contribution in [0.1, 0.15) is 11.1 Å². The van der Waals surface area contributed by atoms with E-state index >= 15 is 0 Å². The first-order valence-electron chi connectivity index (χ1n) is 4.61. The molecule has 0 fully saturated rings. The van der Waals surface area contributed by atoms with Crippen molar-refractivity contribution in [3.8, 4) is 11.1 Å². The summed E-state index contributed by atoms with van der Waals surface area (Å²) in [6.45, 7) is 0. The summed E-state index contributed by atoms with van der Waals surface area (Å²) in [5.41, 5.74) is 5.75. The zero-order valence-corrected chi connectivity index (χ0v) is 7.33. The van der Waals surface area contributed by atoms with Crippen LogP contribution in [-0.4, -0.2) is 18.9 Å². The smallest absolute Gasteiger partial charge is 0.00135 e. The molecule has 0 N–H and O–H groups in total. The molecule has 0 radical (unpaired) electrons. The minimum atomic E-state index is 0. The van der Waals surface area contributed by atoms with Gasteiger partial charge in [-0.25, -0.2) is 0 Å². The van der Waals surface area contributed by atoms with Crippen LogP contribution >= 0.6 is 0 Å². The third-order valence-corrected chi connectivity index (χ3v) is 2.71. The Morgan fingerprint density at radius 3 is 1.57 bits per heavy atom. The maximum absolute atomic E-state index is 2.22. The van der Waals surface area contributed by atoms with Crippen molar-refractivity contribution in [1.82, 2.24) is 0 Å². The molecule has 0 heterocycles. The number of hydrogen-bond donors (Lipinski definition) is 0. The second-order valence-corrected chi connectivity index (χ2v) is 3.49. The molecular formula is C13H11Li. The normalized spacial score (nSPS) is 11.4. The molecule has 0 aromatic heterocycles. The molecule has 2 aromatic carbocycles. The van der Waals surface area contributed by atoms with Crippen LogP contribution in [0.3, 0.4) is 0 Å². The largest absolute Gasteiger partial charge is 0.0619 e. The van der Waals surface area contributed by atoms with Crippen molar-refractivity contribution < 1.29 is 0 Å². The second-order valence-electron chi connectivity index (χ2n) is 3.49. The molecule has 2 aromatic rings. The summed E-state index contributed by atoms with van der Waals surface area (Å²) >= 11 is 0. The van der Waals surface area contributed by atoms with Gasteiger partial charge < -0.3 is 0 Å². The SMILES string of the molecule is [LiH].c1ccc2c(c1)Cc1ccccc1-2. The number of rotatable bonds is 0. The van der Waals surface area contributed by atoms with Crippen molar-refractivity contribution in [3.63, 3.8) is 0 Å². The van der Waals surface area contributed by atoms with Gasteiger partial charge in [-0.15, -0.1) is 0 Å². The van der Waals surface area contributed by atoms with Crippen molar-refractivity contribution in [1.29, 1.82) is 0 Å². The first-order valence-corrected chi connectivity index (χ1v) is 4.61. The van der Waals surface area contributed by atoms with E-state index < -0.39 is 0 Å². The number of hydrogen-bond acceptors (Lipinski definition) is 0. The van der Waals surface area contributed by atoms with Gasteiger partial charge in [0.05, 0.1) is 0 Å². The van der Waals surface area contributed by atoms with Crippen molar-refractivity contribution in [2.75, 3.05) is 0 Å². The first-order chi connectivity index (χ1) is 6.45. The van der Waals surface area contributed by atoms with Crippen LogP contribution in [-0.2, 0) is 6.42 Å². The Morgan fingerprint density at radius 2 is 1.07 bits per heavy atom. The Bertz CT molecular complexity index is 417. The Hall–Kier alpha value is -0.963. The minimum Gasteiger partial charge on any atom is -0.0619 e. The zero-order valence-electron chi connectivity index (χ0n) is 7.33. The monoisotopic (exact) mass is 174 g/mol. The molecule has 64 valence electrons. The fraction of sp³-hybridized carbons (Fsp3) is 0.0769. The van der Waals surface area contributed by atoms with Gasteiger partial charge in [0.2, 0.25) is 0 Å². The van der Waals surface area contributed by atoms with Gasteiger partial charge in [-0.3, -0.25) is 0 Å². The van der Waals surface area contributed by atoms with Crippen LogP contribution in [0.15, 0.2) is 48.5 Å². The molecule has 0 atom stereocenters. The third-order valence-electron chi connectivity index (χ3n) is 2.71. The maximum Gasteiger partial charge on any atom is -0.00135 e. The van der Waals surface area contributed by atoms with Gasteiger partial charge in [0.15, 0.2) is 0 Å². The van der Waals surface area contributed by atoms with Crippen molar-refractivity contribution in [2.45, 2.75) is 6.42 Å². The van der Waals surface area contributed by atoms with Crippen LogP contribution in [0.5, 0.6) is 0 Å². The summed E-state index contributed by atoms with van der Waals surface area (Å²) < 4.78 is 0. The molecule has 1 aliphatic rings. The standard InChI is InChI=1S/C13H10.Li.H/c1-3-7-12-10(5-1)9-11-6-2-4-8-13(11)12;;/h1-8H,9H2;;. The minimum absolute atomic E-state index is 0. The van der Waals surface area contributed by atoms with Crippen molar-refractivity contribution >= 4 is 18.9 Å². The van der Waals surface area contributed by atoms with Gasteiger partial charge in [-0.05, 0) is 28.7 Å². The Kier molecular flexibility index (Phi) is 2.50. The molecule has 3 rings (SSSR count). The van der Waals surface area contributed by atoms with E-state index in [9.17, 15) is 0 Å². The van der Waals surface area contributed by atoms with E-state index in [4.69, 9.17) is 0 Å². The molecule has 1 aliphatic carbocycles. The van der Waals surface area contributed by atoms with Crippen LogP contribution in [0.25, 0.3) is 11.1 Å². The first kappa shape index (κ1) is 9.59. The fourth-order valence-electron chi connectivity index (χ4n) is 2.08. The summed E-state index contributed by atoms with van der Waals surface area (Å²) in [7, 11) is 0. The molecule has 0 aliphatic heterocycles. The van der Waals surface area contributed by atoms with E-state index in [1.807, 2.05) is 0 Å². The summed E-state index contributed by atoms with van der Waals surface area (Å²) in [6.07, 6.45) is 1.10. The summed E-state index contributed by atoms with van der Waals surface area (Å²) in [5.74, 6) is 0. The second kappa shape index (κ2) is 3.65. The third kappa shape index (κ3) is 1.32. The van der Waals surface area contributed by atoms with Crippen LogP contribution < -0.4 is 0 Å². The van der Waals surface area contributed by atoms with Gasteiger partial charge in [0.1, 0.15) is 0 Å². The van der Waals surface area contributed by atoms with Gasteiger partial charge in [0, 0.05) is 0 Å². The van der Waals surface area contributed by atoms with Crippen LogP contribution in [0.4, 0.5) is 0 Å². The molecule has 14 heavy (non-hydrogen) atoms. The van der Waals surface area contributed by atoms with E-state index in [0.29, 0.717) is 0 Å². The molecule has 1 heteroatoms. The molecular weight excluding hydrogens is 163 g/mol. The van der Waals surface area contributed by atoms with E-state index in [0.717, 1.165) is 6.42 Å². The van der Waals surface area contributed by atoms with Gasteiger partial charge in [-0.1, -0.05) is 48.5 Å². The van der Waals surface area contributed by atoms with E-state index in [1.165, 1.54) is 22.3 Å². The average molecular weight is 174 g/mol. The summed E-state index contributed by atoms with van der Waals surface area (Å²) in [6, 6.07) is 17.3. The Labute approximate surface area is 96.1 Å². The number of benzene rings is 2. The van der Waals surface area contributed by atoms with Gasteiger partial charge >= 0.3 is 18.9 Å². The average Bonchev–Trinajstić information content (AvgIpc) is 2.56. The quantitative estimate of drug-likeness (QED) is 0.459. The van der Waals surface area contributed by atoms with Crippen molar-refractivity contribution in [2.24, 2.45) is 0 Å². The Balaban J connectivity index is 0.000000750. The summed E-state index contributed by atoms with van der Waals surface area (Å²) in [5, 5.41) is 0.